The van der Waals surface area contributed by atoms with Crippen molar-refractivity contribution in [3.05, 3.63) is 0 Å². The lowest BCUT2D eigenvalue weighted by Gasteiger charge is -2.31. The summed E-state index contributed by atoms with van der Waals surface area (Å²) in [7, 11) is 0. The second-order valence-electron chi connectivity index (χ2n) is 4.95. The zero-order chi connectivity index (χ0) is 8.55. The molecule has 0 radical (unpaired) electrons. The maximum absolute atomic E-state index is 6.22. The van der Waals surface area contributed by atoms with E-state index in [1.54, 1.807) is 0 Å². The molecule has 2 rings (SSSR count). The van der Waals surface area contributed by atoms with E-state index in [2.05, 4.69) is 6.92 Å². The molecule has 2 fully saturated rings. The van der Waals surface area contributed by atoms with E-state index in [4.69, 9.17) is 5.73 Å². The molecule has 0 bridgehead atoms. The van der Waals surface area contributed by atoms with E-state index >= 15 is 0 Å². The zero-order valence-corrected chi connectivity index (χ0v) is 8.13. The number of rotatable bonds is 2. The largest absolute Gasteiger partial charge is 0.327 e. The Morgan fingerprint density at radius 2 is 1.83 bits per heavy atom. The Balaban J connectivity index is 1.84. The average molecular weight is 167 g/mol. The predicted molar refractivity (Wildman–Crippen MR) is 51.8 cm³/mol. The van der Waals surface area contributed by atoms with Crippen molar-refractivity contribution in [3.63, 3.8) is 0 Å². The van der Waals surface area contributed by atoms with Crippen molar-refractivity contribution in [2.75, 3.05) is 0 Å². The predicted octanol–water partition coefficient (Wildman–Crippen LogP) is 2.55. The highest BCUT2D eigenvalue weighted by molar-refractivity contribution is 4.90. The topological polar surface area (TPSA) is 26.0 Å². The van der Waals surface area contributed by atoms with Crippen molar-refractivity contribution >= 4 is 0 Å². The third-order valence-electron chi connectivity index (χ3n) is 3.69. The third-order valence-corrected chi connectivity index (χ3v) is 3.69. The van der Waals surface area contributed by atoms with Gasteiger partial charge in [-0.05, 0) is 43.4 Å². The van der Waals surface area contributed by atoms with Gasteiger partial charge in [0.05, 0.1) is 0 Å². The van der Waals surface area contributed by atoms with Crippen molar-refractivity contribution in [1.82, 2.24) is 0 Å². The molecule has 12 heavy (non-hydrogen) atoms. The lowest BCUT2D eigenvalue weighted by molar-refractivity contribution is 0.233. The van der Waals surface area contributed by atoms with Gasteiger partial charge in [-0.2, -0.15) is 0 Å². The van der Waals surface area contributed by atoms with Gasteiger partial charge in [0.2, 0.25) is 0 Å². The zero-order valence-electron chi connectivity index (χ0n) is 8.13. The van der Waals surface area contributed by atoms with Crippen LogP contribution in [0.15, 0.2) is 0 Å². The lowest BCUT2D eigenvalue weighted by Crippen LogP contribution is -2.35. The van der Waals surface area contributed by atoms with Gasteiger partial charge in [0.1, 0.15) is 0 Å². The molecule has 0 aromatic carbocycles. The Bertz CT molecular complexity index is 151. The summed E-state index contributed by atoms with van der Waals surface area (Å²) >= 11 is 0. The van der Waals surface area contributed by atoms with E-state index in [9.17, 15) is 0 Å². The molecule has 0 aliphatic heterocycles. The van der Waals surface area contributed by atoms with Crippen LogP contribution in [0.1, 0.15) is 45.4 Å². The summed E-state index contributed by atoms with van der Waals surface area (Å²) in [5.41, 5.74) is 6.22. The normalized spacial score (nSPS) is 39.5. The SMILES string of the molecule is CC1CCCC(C(N)C2CC2)C1. The number of hydrogen-bond acceptors (Lipinski definition) is 1. The summed E-state index contributed by atoms with van der Waals surface area (Å²) in [6.07, 6.45) is 8.48. The monoisotopic (exact) mass is 167 g/mol. The van der Waals surface area contributed by atoms with Crippen molar-refractivity contribution in [1.29, 1.82) is 0 Å². The smallest absolute Gasteiger partial charge is 0.00957 e. The Hall–Kier alpha value is -0.0400. The van der Waals surface area contributed by atoms with Crippen LogP contribution in [-0.2, 0) is 0 Å². The van der Waals surface area contributed by atoms with E-state index in [1.165, 1.54) is 38.5 Å². The molecule has 2 aliphatic carbocycles. The maximum atomic E-state index is 6.22. The molecule has 70 valence electrons. The van der Waals surface area contributed by atoms with Crippen LogP contribution in [0.5, 0.6) is 0 Å². The summed E-state index contributed by atoms with van der Waals surface area (Å²) in [5.74, 6) is 2.70. The highest BCUT2D eigenvalue weighted by Crippen LogP contribution is 2.40. The van der Waals surface area contributed by atoms with Crippen molar-refractivity contribution < 1.29 is 0 Å². The highest BCUT2D eigenvalue weighted by atomic mass is 14.7. The van der Waals surface area contributed by atoms with Gasteiger partial charge >= 0.3 is 0 Å². The Morgan fingerprint density at radius 1 is 1.08 bits per heavy atom. The first-order valence-electron chi connectivity index (χ1n) is 5.53. The minimum atomic E-state index is 0.549. The van der Waals surface area contributed by atoms with Crippen LogP contribution in [0.3, 0.4) is 0 Å². The number of hydrogen-bond donors (Lipinski definition) is 1. The minimum absolute atomic E-state index is 0.549. The standard InChI is InChI=1S/C11H21N/c1-8-3-2-4-10(7-8)11(12)9-5-6-9/h8-11H,2-7,12H2,1H3. The summed E-state index contributed by atoms with van der Waals surface area (Å²) < 4.78 is 0. The lowest BCUT2D eigenvalue weighted by atomic mass is 9.77. The van der Waals surface area contributed by atoms with E-state index in [0.717, 1.165) is 17.8 Å². The summed E-state index contributed by atoms with van der Waals surface area (Å²) in [5, 5.41) is 0. The van der Waals surface area contributed by atoms with Gasteiger partial charge in [-0.25, -0.2) is 0 Å². The van der Waals surface area contributed by atoms with Crippen LogP contribution in [-0.4, -0.2) is 6.04 Å². The van der Waals surface area contributed by atoms with Gasteiger partial charge < -0.3 is 5.73 Å². The molecule has 0 aromatic heterocycles. The first kappa shape index (κ1) is 8.55. The molecule has 3 atom stereocenters. The van der Waals surface area contributed by atoms with Gasteiger partial charge in [0.25, 0.3) is 0 Å². The third kappa shape index (κ3) is 1.82. The van der Waals surface area contributed by atoms with Gasteiger partial charge in [0, 0.05) is 6.04 Å². The van der Waals surface area contributed by atoms with Crippen LogP contribution >= 0.6 is 0 Å². The van der Waals surface area contributed by atoms with Crippen LogP contribution in [0, 0.1) is 17.8 Å². The minimum Gasteiger partial charge on any atom is -0.327 e. The van der Waals surface area contributed by atoms with E-state index in [1.807, 2.05) is 0 Å². The quantitative estimate of drug-likeness (QED) is 0.672. The summed E-state index contributed by atoms with van der Waals surface area (Å²) in [6, 6.07) is 0.549. The van der Waals surface area contributed by atoms with Crippen LogP contribution in [0.2, 0.25) is 0 Å². The molecular formula is C11H21N. The molecular weight excluding hydrogens is 146 g/mol. The van der Waals surface area contributed by atoms with Gasteiger partial charge in [-0.15, -0.1) is 0 Å². The van der Waals surface area contributed by atoms with Crippen LogP contribution in [0.4, 0.5) is 0 Å². The molecule has 0 heterocycles. The van der Waals surface area contributed by atoms with E-state index < -0.39 is 0 Å². The first-order valence-corrected chi connectivity index (χ1v) is 5.53. The average Bonchev–Trinajstić information content (AvgIpc) is 2.85. The second-order valence-corrected chi connectivity index (χ2v) is 4.95. The fourth-order valence-electron chi connectivity index (χ4n) is 2.70. The van der Waals surface area contributed by atoms with Gasteiger partial charge in [0.15, 0.2) is 0 Å². The molecule has 2 N–H and O–H groups in total. The maximum Gasteiger partial charge on any atom is 0.00957 e. The van der Waals surface area contributed by atoms with Gasteiger partial charge in [-0.3, -0.25) is 0 Å². The molecule has 0 spiro atoms. The Morgan fingerprint density at radius 3 is 2.42 bits per heavy atom. The molecule has 1 nitrogen and oxygen atoms in total. The summed E-state index contributed by atoms with van der Waals surface area (Å²) in [4.78, 5) is 0. The molecule has 0 saturated heterocycles. The fraction of sp³-hybridized carbons (Fsp3) is 1.00. The fourth-order valence-corrected chi connectivity index (χ4v) is 2.70. The van der Waals surface area contributed by atoms with E-state index in [0.29, 0.717) is 6.04 Å². The van der Waals surface area contributed by atoms with Crippen LogP contribution in [0.25, 0.3) is 0 Å². The molecule has 0 amide bonds. The first-order chi connectivity index (χ1) is 5.77. The molecule has 0 aromatic rings. The summed E-state index contributed by atoms with van der Waals surface area (Å²) in [6.45, 7) is 2.38. The Labute approximate surface area is 75.7 Å². The van der Waals surface area contributed by atoms with Crippen molar-refractivity contribution in [3.8, 4) is 0 Å². The van der Waals surface area contributed by atoms with Crippen LogP contribution < -0.4 is 5.73 Å². The molecule has 3 unspecified atom stereocenters. The highest BCUT2D eigenvalue weighted by Gasteiger charge is 2.35. The molecule has 1 heteroatoms. The van der Waals surface area contributed by atoms with Crippen molar-refractivity contribution in [2.24, 2.45) is 23.5 Å². The number of nitrogens with two attached hydrogens (primary N) is 1. The van der Waals surface area contributed by atoms with Crippen molar-refractivity contribution in [2.45, 2.75) is 51.5 Å². The molecule has 2 saturated carbocycles. The van der Waals surface area contributed by atoms with E-state index in [-0.39, 0.29) is 0 Å². The molecule has 2 aliphatic rings. The second kappa shape index (κ2) is 3.37. The Kier molecular flexibility index (Phi) is 2.40. The van der Waals surface area contributed by atoms with Gasteiger partial charge in [-0.1, -0.05) is 19.8 Å².